The van der Waals surface area contributed by atoms with Gasteiger partial charge in [-0.15, -0.1) is 0 Å². The van der Waals surface area contributed by atoms with Gasteiger partial charge in [-0.3, -0.25) is 9.59 Å². The molecule has 0 atom stereocenters. The third kappa shape index (κ3) is 2.59. The molecule has 0 amide bonds. The topological polar surface area (TPSA) is 62.4 Å². The fourth-order valence-electron chi connectivity index (χ4n) is 1.92. The molecule has 5 nitrogen and oxygen atoms in total. The lowest BCUT2D eigenvalue weighted by Crippen LogP contribution is -2.10. The highest BCUT2D eigenvalue weighted by Gasteiger charge is 2.16. The van der Waals surface area contributed by atoms with Crippen LogP contribution in [-0.4, -0.2) is 37.9 Å². The van der Waals surface area contributed by atoms with E-state index in [9.17, 15) is 9.59 Å². The number of ketones is 1. The second kappa shape index (κ2) is 5.14. The summed E-state index contributed by atoms with van der Waals surface area (Å²) in [6, 6.07) is 5.81. The lowest BCUT2D eigenvalue weighted by atomic mass is 10.1. The largest absolute Gasteiger partial charge is 0.469 e. The van der Waals surface area contributed by atoms with E-state index in [1.54, 1.807) is 6.20 Å². The van der Waals surface area contributed by atoms with Gasteiger partial charge in [-0.25, -0.2) is 0 Å². The Morgan fingerprint density at radius 2 is 2.05 bits per heavy atom. The highest BCUT2D eigenvalue weighted by Crippen LogP contribution is 2.24. The first-order valence-electron chi connectivity index (χ1n) is 5.91. The molecule has 0 saturated carbocycles. The summed E-state index contributed by atoms with van der Waals surface area (Å²) < 4.78 is 4.51. The zero-order valence-corrected chi connectivity index (χ0v) is 11.2. The van der Waals surface area contributed by atoms with Crippen molar-refractivity contribution in [3.63, 3.8) is 0 Å². The van der Waals surface area contributed by atoms with Gasteiger partial charge in [0.1, 0.15) is 6.42 Å². The highest BCUT2D eigenvalue weighted by atomic mass is 16.5. The molecule has 100 valence electrons. The Balaban J connectivity index is 2.40. The smallest absolute Gasteiger partial charge is 0.313 e. The van der Waals surface area contributed by atoms with Crippen LogP contribution in [0.2, 0.25) is 0 Å². The molecule has 1 heterocycles. The number of benzene rings is 1. The van der Waals surface area contributed by atoms with Gasteiger partial charge < -0.3 is 14.6 Å². The Morgan fingerprint density at radius 1 is 1.32 bits per heavy atom. The van der Waals surface area contributed by atoms with E-state index in [4.69, 9.17) is 0 Å². The molecule has 19 heavy (non-hydrogen) atoms. The number of rotatable bonds is 4. The van der Waals surface area contributed by atoms with Crippen molar-refractivity contribution in [3.05, 3.63) is 30.0 Å². The summed E-state index contributed by atoms with van der Waals surface area (Å²) in [7, 11) is 5.14. The third-order valence-electron chi connectivity index (χ3n) is 3.01. The normalized spacial score (nSPS) is 10.5. The number of nitrogens with zero attached hydrogens (tertiary/aromatic N) is 1. The summed E-state index contributed by atoms with van der Waals surface area (Å²) in [5.41, 5.74) is 2.39. The molecule has 0 bridgehead atoms. The van der Waals surface area contributed by atoms with Gasteiger partial charge in [-0.05, 0) is 18.2 Å². The van der Waals surface area contributed by atoms with Gasteiger partial charge in [0.2, 0.25) is 0 Å². The fourth-order valence-corrected chi connectivity index (χ4v) is 1.92. The van der Waals surface area contributed by atoms with Crippen molar-refractivity contribution in [2.45, 2.75) is 6.42 Å². The van der Waals surface area contributed by atoms with Crippen LogP contribution in [0.5, 0.6) is 0 Å². The predicted molar refractivity (Wildman–Crippen MR) is 73.6 cm³/mol. The number of aromatic amines is 1. The van der Waals surface area contributed by atoms with E-state index in [1.165, 1.54) is 7.11 Å². The molecule has 2 aromatic rings. The van der Waals surface area contributed by atoms with Crippen LogP contribution in [0.15, 0.2) is 24.4 Å². The monoisotopic (exact) mass is 260 g/mol. The maximum absolute atomic E-state index is 12.0. The van der Waals surface area contributed by atoms with Gasteiger partial charge in [0.05, 0.1) is 7.11 Å². The van der Waals surface area contributed by atoms with Crippen molar-refractivity contribution < 1.29 is 14.3 Å². The molecule has 0 fully saturated rings. The second-order valence-corrected chi connectivity index (χ2v) is 4.50. The molecule has 1 N–H and O–H groups in total. The predicted octanol–water partition coefficient (Wildman–Crippen LogP) is 1.98. The molecule has 1 aromatic carbocycles. The standard InChI is InChI=1S/C14H16N2O3/c1-16(2)9-4-5-12-10(6-9)11(8-15-12)13(17)7-14(18)19-3/h4-6,8,15H,7H2,1-3H3. The molecule has 5 heteroatoms. The number of nitrogens with one attached hydrogen (secondary N) is 1. The van der Waals surface area contributed by atoms with Crippen molar-refractivity contribution >= 4 is 28.3 Å². The van der Waals surface area contributed by atoms with Crippen molar-refractivity contribution in [1.82, 2.24) is 4.98 Å². The zero-order valence-electron chi connectivity index (χ0n) is 11.2. The Hall–Kier alpha value is -2.30. The maximum Gasteiger partial charge on any atom is 0.313 e. The molecular weight excluding hydrogens is 244 g/mol. The van der Waals surface area contributed by atoms with Crippen LogP contribution in [0.1, 0.15) is 16.8 Å². The first-order valence-corrected chi connectivity index (χ1v) is 5.91. The van der Waals surface area contributed by atoms with Crippen LogP contribution in [0.4, 0.5) is 5.69 Å². The number of anilines is 1. The van der Waals surface area contributed by atoms with Gasteiger partial charge in [0, 0.05) is 42.4 Å². The lowest BCUT2D eigenvalue weighted by molar-refractivity contribution is -0.139. The molecule has 2 rings (SSSR count). The van der Waals surface area contributed by atoms with Crippen LogP contribution in [-0.2, 0) is 9.53 Å². The molecular formula is C14H16N2O3. The summed E-state index contributed by atoms with van der Waals surface area (Å²) in [6.45, 7) is 0. The van der Waals surface area contributed by atoms with Crippen molar-refractivity contribution in [2.75, 3.05) is 26.1 Å². The van der Waals surface area contributed by atoms with E-state index < -0.39 is 5.97 Å². The van der Waals surface area contributed by atoms with Gasteiger partial charge in [0.25, 0.3) is 0 Å². The number of hydrogen-bond acceptors (Lipinski definition) is 4. The molecule has 0 aliphatic carbocycles. The number of H-pyrrole nitrogens is 1. The average Bonchev–Trinajstić information content (AvgIpc) is 2.81. The molecule has 0 aliphatic heterocycles. The summed E-state index contributed by atoms with van der Waals surface area (Å²) >= 11 is 0. The van der Waals surface area contributed by atoms with Gasteiger partial charge >= 0.3 is 5.97 Å². The highest BCUT2D eigenvalue weighted by molar-refractivity contribution is 6.13. The number of esters is 1. The summed E-state index contributed by atoms with van der Waals surface area (Å²) in [5, 5.41) is 0.820. The summed E-state index contributed by atoms with van der Waals surface area (Å²) in [4.78, 5) is 28.2. The number of aromatic nitrogens is 1. The number of Topliss-reactive ketones (excluding diaryl/α,β-unsaturated/α-hetero) is 1. The Morgan fingerprint density at radius 3 is 2.68 bits per heavy atom. The maximum atomic E-state index is 12.0. The van der Waals surface area contributed by atoms with Crippen LogP contribution < -0.4 is 4.90 Å². The van der Waals surface area contributed by atoms with E-state index in [1.807, 2.05) is 37.2 Å². The average molecular weight is 260 g/mol. The molecule has 0 unspecified atom stereocenters. The van der Waals surface area contributed by atoms with Gasteiger partial charge in [-0.2, -0.15) is 0 Å². The van der Waals surface area contributed by atoms with E-state index in [0.717, 1.165) is 16.6 Å². The number of carbonyl (C=O) groups is 2. The van der Waals surface area contributed by atoms with Crippen LogP contribution in [0.3, 0.4) is 0 Å². The third-order valence-corrected chi connectivity index (χ3v) is 3.01. The SMILES string of the molecule is COC(=O)CC(=O)c1c[nH]c2ccc(N(C)C)cc12. The molecule has 0 spiro atoms. The van der Waals surface area contributed by atoms with Gasteiger partial charge in [0.15, 0.2) is 5.78 Å². The van der Waals surface area contributed by atoms with E-state index >= 15 is 0 Å². The van der Waals surface area contributed by atoms with Crippen LogP contribution in [0.25, 0.3) is 10.9 Å². The quantitative estimate of drug-likeness (QED) is 0.518. The van der Waals surface area contributed by atoms with Crippen LogP contribution >= 0.6 is 0 Å². The number of hydrogen-bond donors (Lipinski definition) is 1. The number of methoxy groups -OCH3 is 1. The van der Waals surface area contributed by atoms with E-state index in [-0.39, 0.29) is 12.2 Å². The van der Waals surface area contributed by atoms with Crippen LogP contribution in [0, 0.1) is 0 Å². The van der Waals surface area contributed by atoms with Crippen molar-refractivity contribution in [1.29, 1.82) is 0 Å². The van der Waals surface area contributed by atoms with Crippen molar-refractivity contribution in [2.24, 2.45) is 0 Å². The Labute approximate surface area is 111 Å². The Bertz CT molecular complexity index is 629. The minimum Gasteiger partial charge on any atom is -0.469 e. The molecule has 1 aromatic heterocycles. The lowest BCUT2D eigenvalue weighted by Gasteiger charge is -2.12. The van der Waals surface area contributed by atoms with E-state index in [2.05, 4.69) is 9.72 Å². The number of ether oxygens (including phenoxy) is 1. The number of fused-ring (bicyclic) bond motifs is 1. The molecule has 0 saturated heterocycles. The Kier molecular flexibility index (Phi) is 3.55. The molecule has 0 aliphatic rings. The fraction of sp³-hybridized carbons (Fsp3) is 0.286. The first kappa shape index (κ1) is 13.1. The summed E-state index contributed by atoms with van der Waals surface area (Å²) in [6.07, 6.45) is 1.39. The zero-order chi connectivity index (χ0) is 14.0. The van der Waals surface area contributed by atoms with Crippen molar-refractivity contribution in [3.8, 4) is 0 Å². The summed E-state index contributed by atoms with van der Waals surface area (Å²) in [5.74, 6) is -0.767. The second-order valence-electron chi connectivity index (χ2n) is 4.50. The minimum absolute atomic E-state index is 0.240. The van der Waals surface area contributed by atoms with E-state index in [0.29, 0.717) is 5.56 Å². The minimum atomic E-state index is -0.525. The van der Waals surface area contributed by atoms with Gasteiger partial charge in [-0.1, -0.05) is 0 Å². The number of carbonyl (C=O) groups excluding carboxylic acids is 2. The molecule has 0 radical (unpaired) electrons. The first-order chi connectivity index (χ1) is 9.02.